The molecule has 118 valence electrons. The number of carbonyl (C=O) groups is 1. The molecule has 0 radical (unpaired) electrons. The smallest absolute Gasteiger partial charge is 0.261 e. The highest BCUT2D eigenvalue weighted by Gasteiger charge is 2.16. The number of aryl methyl sites for hydroxylation is 1. The number of carbonyl (C=O) groups excluding carboxylic acids is 1. The van der Waals surface area contributed by atoms with Crippen LogP contribution in [0.3, 0.4) is 0 Å². The Morgan fingerprint density at radius 1 is 1.45 bits per heavy atom. The molecule has 1 aliphatic heterocycles. The molecule has 1 aromatic heterocycles. The summed E-state index contributed by atoms with van der Waals surface area (Å²) in [7, 11) is 0. The quantitative estimate of drug-likeness (QED) is 0.841. The highest BCUT2D eigenvalue weighted by atomic mass is 35.5. The van der Waals surface area contributed by atoms with Crippen LogP contribution in [0, 0.1) is 12.7 Å². The zero-order chi connectivity index (χ0) is 14.8. The lowest BCUT2D eigenvalue weighted by molar-refractivity contribution is 0.0960. The van der Waals surface area contributed by atoms with E-state index in [1.165, 1.54) is 29.0 Å². The molecule has 6 heteroatoms. The van der Waals surface area contributed by atoms with Crippen LogP contribution in [0.2, 0.25) is 0 Å². The first-order chi connectivity index (χ1) is 10.1. The third-order valence-corrected chi connectivity index (χ3v) is 5.01. The van der Waals surface area contributed by atoms with Gasteiger partial charge in [0, 0.05) is 17.8 Å². The van der Waals surface area contributed by atoms with Crippen molar-refractivity contribution in [3.05, 3.63) is 46.1 Å². The van der Waals surface area contributed by atoms with E-state index < -0.39 is 0 Å². The molecule has 2 N–H and O–H groups in total. The van der Waals surface area contributed by atoms with Gasteiger partial charge in [-0.2, -0.15) is 0 Å². The average Bonchev–Trinajstić information content (AvgIpc) is 2.83. The molecule has 0 fully saturated rings. The van der Waals surface area contributed by atoms with Gasteiger partial charge in [-0.25, -0.2) is 4.39 Å². The van der Waals surface area contributed by atoms with Crippen LogP contribution < -0.4 is 10.6 Å². The van der Waals surface area contributed by atoms with E-state index in [0.717, 1.165) is 35.2 Å². The summed E-state index contributed by atoms with van der Waals surface area (Å²) in [5, 5.41) is 7.04. The molecule has 22 heavy (non-hydrogen) atoms. The zero-order valence-electron chi connectivity index (χ0n) is 12.2. The highest BCUT2D eigenvalue weighted by molar-refractivity contribution is 7.21. The first kappa shape index (κ1) is 16.9. The second-order valence-electron chi connectivity index (χ2n) is 5.20. The second-order valence-corrected chi connectivity index (χ2v) is 6.25. The van der Waals surface area contributed by atoms with Crippen molar-refractivity contribution in [2.75, 3.05) is 19.6 Å². The molecule has 0 saturated carbocycles. The molecular weight excluding hydrogens is 323 g/mol. The SMILES string of the molecule is Cc1c(C(=O)NCC2=CCNCC2)sc2ccc(F)cc12.Cl. The zero-order valence-corrected chi connectivity index (χ0v) is 13.9. The monoisotopic (exact) mass is 340 g/mol. The lowest BCUT2D eigenvalue weighted by atomic mass is 10.1. The van der Waals surface area contributed by atoms with Gasteiger partial charge in [0.05, 0.1) is 4.88 Å². The van der Waals surface area contributed by atoms with E-state index in [-0.39, 0.29) is 24.1 Å². The lowest BCUT2D eigenvalue weighted by Gasteiger charge is -2.14. The minimum atomic E-state index is -0.268. The minimum absolute atomic E-state index is 0. The van der Waals surface area contributed by atoms with Gasteiger partial charge in [-0.15, -0.1) is 23.7 Å². The van der Waals surface area contributed by atoms with Crippen LogP contribution in [0.1, 0.15) is 21.7 Å². The molecule has 0 atom stereocenters. The van der Waals surface area contributed by atoms with Crippen molar-refractivity contribution in [1.29, 1.82) is 0 Å². The summed E-state index contributed by atoms with van der Waals surface area (Å²) in [6.07, 6.45) is 3.09. The van der Waals surface area contributed by atoms with Crippen LogP contribution in [0.4, 0.5) is 4.39 Å². The molecule has 1 aromatic carbocycles. The number of fused-ring (bicyclic) bond motifs is 1. The second kappa shape index (κ2) is 7.22. The van der Waals surface area contributed by atoms with Gasteiger partial charge in [0.1, 0.15) is 5.82 Å². The van der Waals surface area contributed by atoms with E-state index in [1.54, 1.807) is 6.07 Å². The summed E-state index contributed by atoms with van der Waals surface area (Å²) in [6.45, 7) is 4.29. The van der Waals surface area contributed by atoms with Crippen molar-refractivity contribution in [2.45, 2.75) is 13.3 Å². The fourth-order valence-electron chi connectivity index (χ4n) is 2.51. The third-order valence-electron chi connectivity index (χ3n) is 3.74. The summed E-state index contributed by atoms with van der Waals surface area (Å²) in [6, 6.07) is 4.65. The minimum Gasteiger partial charge on any atom is -0.348 e. The van der Waals surface area contributed by atoms with Crippen LogP contribution in [-0.4, -0.2) is 25.5 Å². The van der Waals surface area contributed by atoms with Crippen LogP contribution in [0.5, 0.6) is 0 Å². The Morgan fingerprint density at radius 3 is 3.00 bits per heavy atom. The molecule has 0 spiro atoms. The summed E-state index contributed by atoms with van der Waals surface area (Å²) < 4.78 is 14.3. The first-order valence-electron chi connectivity index (χ1n) is 7.00. The van der Waals surface area contributed by atoms with Gasteiger partial charge in [0.15, 0.2) is 0 Å². The number of halogens is 2. The van der Waals surface area contributed by atoms with Gasteiger partial charge in [-0.1, -0.05) is 11.6 Å². The van der Waals surface area contributed by atoms with Crippen LogP contribution in [0.25, 0.3) is 10.1 Å². The molecular formula is C16H18ClFN2OS. The molecule has 2 heterocycles. The van der Waals surface area contributed by atoms with E-state index >= 15 is 0 Å². The first-order valence-corrected chi connectivity index (χ1v) is 7.82. The van der Waals surface area contributed by atoms with Crippen LogP contribution in [0.15, 0.2) is 29.8 Å². The van der Waals surface area contributed by atoms with Crippen molar-refractivity contribution >= 4 is 39.7 Å². The normalized spacial score (nSPS) is 14.4. The van der Waals surface area contributed by atoms with Crippen molar-refractivity contribution in [3.63, 3.8) is 0 Å². The molecule has 2 aromatic rings. The summed E-state index contributed by atoms with van der Waals surface area (Å²) in [5.74, 6) is -0.344. The van der Waals surface area contributed by atoms with Crippen molar-refractivity contribution in [3.8, 4) is 0 Å². The van der Waals surface area contributed by atoms with E-state index in [4.69, 9.17) is 0 Å². The van der Waals surface area contributed by atoms with Gasteiger partial charge >= 0.3 is 0 Å². The summed E-state index contributed by atoms with van der Waals surface area (Å²) >= 11 is 1.42. The van der Waals surface area contributed by atoms with Crippen LogP contribution >= 0.6 is 23.7 Å². The molecule has 0 unspecified atom stereocenters. The fraction of sp³-hybridized carbons (Fsp3) is 0.312. The molecule has 0 saturated heterocycles. The maximum atomic E-state index is 13.3. The van der Waals surface area contributed by atoms with Gasteiger partial charge < -0.3 is 10.6 Å². The highest BCUT2D eigenvalue weighted by Crippen LogP contribution is 2.31. The molecule has 0 aliphatic carbocycles. The van der Waals surface area contributed by atoms with Gasteiger partial charge in [-0.05, 0) is 49.0 Å². The molecule has 1 amide bonds. The number of hydrogen-bond acceptors (Lipinski definition) is 3. The van der Waals surface area contributed by atoms with Crippen molar-refractivity contribution < 1.29 is 9.18 Å². The molecule has 0 bridgehead atoms. The largest absolute Gasteiger partial charge is 0.348 e. The topological polar surface area (TPSA) is 41.1 Å². The van der Waals surface area contributed by atoms with Gasteiger partial charge in [0.2, 0.25) is 0 Å². The maximum Gasteiger partial charge on any atom is 0.261 e. The molecule has 1 aliphatic rings. The Kier molecular flexibility index (Phi) is 5.56. The Labute approximate surface area is 139 Å². The fourth-order valence-corrected chi connectivity index (χ4v) is 3.62. The van der Waals surface area contributed by atoms with Crippen molar-refractivity contribution in [1.82, 2.24) is 10.6 Å². The number of rotatable bonds is 3. The Bertz CT molecular complexity index is 726. The third kappa shape index (κ3) is 3.48. The standard InChI is InChI=1S/C16H17FN2OS.ClH/c1-10-13-8-12(17)2-3-14(13)21-15(10)16(20)19-9-11-4-6-18-7-5-11;/h2-4,8,18H,5-7,9H2,1H3,(H,19,20);1H. The predicted octanol–water partition coefficient (Wildman–Crippen LogP) is 3.42. The summed E-state index contributed by atoms with van der Waals surface area (Å²) in [5.41, 5.74) is 2.11. The Morgan fingerprint density at radius 2 is 2.27 bits per heavy atom. The van der Waals surface area contributed by atoms with E-state index in [1.807, 2.05) is 6.92 Å². The Balaban J connectivity index is 0.00000176. The summed E-state index contributed by atoms with van der Waals surface area (Å²) in [4.78, 5) is 13.0. The van der Waals surface area contributed by atoms with E-state index in [0.29, 0.717) is 11.4 Å². The predicted molar refractivity (Wildman–Crippen MR) is 91.7 cm³/mol. The number of amides is 1. The maximum absolute atomic E-state index is 13.3. The van der Waals surface area contributed by atoms with Crippen molar-refractivity contribution in [2.24, 2.45) is 0 Å². The molecule has 3 nitrogen and oxygen atoms in total. The van der Waals surface area contributed by atoms with E-state index in [9.17, 15) is 9.18 Å². The average molecular weight is 341 g/mol. The molecule has 3 rings (SSSR count). The van der Waals surface area contributed by atoms with Gasteiger partial charge in [-0.3, -0.25) is 4.79 Å². The number of benzene rings is 1. The number of thiophene rings is 1. The van der Waals surface area contributed by atoms with Crippen LogP contribution in [-0.2, 0) is 0 Å². The number of hydrogen-bond donors (Lipinski definition) is 2. The van der Waals surface area contributed by atoms with E-state index in [2.05, 4.69) is 16.7 Å². The van der Waals surface area contributed by atoms with Gasteiger partial charge in [0.25, 0.3) is 5.91 Å². The Hall–Kier alpha value is -1.43. The number of nitrogens with one attached hydrogen (secondary N) is 2. The lowest BCUT2D eigenvalue weighted by Crippen LogP contribution is -2.29.